The molecule has 0 radical (unpaired) electrons. The Morgan fingerprint density at radius 3 is 2.39 bits per heavy atom. The fraction of sp³-hybridized carbons (Fsp3) is 0.241. The van der Waals surface area contributed by atoms with Crippen LogP contribution in [0.5, 0.6) is 0 Å². The number of hydrogen-bond donors (Lipinski definition) is 1. The highest BCUT2D eigenvalue weighted by atomic mass is 35.5. The van der Waals surface area contributed by atoms with Crippen LogP contribution in [0.3, 0.4) is 0 Å². The first kappa shape index (κ1) is 23.3. The number of rotatable bonds is 6. The molecule has 0 saturated carbocycles. The third kappa shape index (κ3) is 4.69. The van der Waals surface area contributed by atoms with Crippen LogP contribution in [0.15, 0.2) is 89.6 Å². The summed E-state index contributed by atoms with van der Waals surface area (Å²) in [6.07, 6.45) is 3.65. The second kappa shape index (κ2) is 10.1. The number of anilines is 2. The zero-order chi connectivity index (χ0) is 24.5. The van der Waals surface area contributed by atoms with Crippen molar-refractivity contribution in [3.8, 4) is 0 Å². The van der Waals surface area contributed by atoms with Crippen molar-refractivity contribution < 1.29 is 4.79 Å². The predicted octanol–water partition coefficient (Wildman–Crippen LogP) is 5.40. The molecule has 3 heterocycles. The van der Waals surface area contributed by atoms with E-state index in [-0.39, 0.29) is 16.6 Å². The monoisotopic (exact) mass is 516 g/mol. The minimum absolute atomic E-state index is 0.0486. The number of amides is 1. The number of benzene rings is 3. The molecule has 3 aliphatic heterocycles. The molecule has 0 aliphatic carbocycles. The molecule has 3 aliphatic rings. The molecule has 1 N–H and O–H groups in total. The van der Waals surface area contributed by atoms with E-state index in [1.54, 1.807) is 0 Å². The van der Waals surface area contributed by atoms with Crippen molar-refractivity contribution in [1.29, 1.82) is 0 Å². The van der Waals surface area contributed by atoms with E-state index in [1.165, 1.54) is 16.4 Å². The van der Waals surface area contributed by atoms with E-state index in [2.05, 4.69) is 97.6 Å². The zero-order valence-electron chi connectivity index (χ0n) is 20.1. The molecular formula is C29H29ClN4OS. The number of carbonyl (C=O) groups is 1. The Hall–Kier alpha value is -3.06. The summed E-state index contributed by atoms with van der Waals surface area (Å²) in [7, 11) is -0.137. The van der Waals surface area contributed by atoms with Gasteiger partial charge in [0.05, 0.1) is 12.1 Å². The maximum absolute atomic E-state index is 11.7. The molecule has 1 amide bonds. The SMILES string of the molecule is O=C1Cc2cc(CCN3CCN(C4=CC=S(c5ccccc5)N4c4ccccc4)CC3)c(Cl)cc2N1. The summed E-state index contributed by atoms with van der Waals surface area (Å²) in [5.74, 6) is 1.33. The van der Waals surface area contributed by atoms with Crippen molar-refractivity contribution in [2.75, 3.05) is 42.3 Å². The van der Waals surface area contributed by atoms with E-state index in [9.17, 15) is 4.79 Å². The van der Waals surface area contributed by atoms with Gasteiger partial charge in [0.25, 0.3) is 0 Å². The van der Waals surface area contributed by atoms with E-state index < -0.39 is 0 Å². The number of hydrogen-bond acceptors (Lipinski definition) is 4. The largest absolute Gasteiger partial charge is 0.355 e. The Bertz CT molecular complexity index is 1330. The van der Waals surface area contributed by atoms with Gasteiger partial charge in [-0.2, -0.15) is 0 Å². The molecule has 1 saturated heterocycles. The number of fused-ring (bicyclic) bond motifs is 1. The Kier molecular flexibility index (Phi) is 6.57. The van der Waals surface area contributed by atoms with Crippen LogP contribution >= 0.6 is 22.3 Å². The number of allylic oxidation sites excluding steroid dienone is 1. The minimum atomic E-state index is -0.137. The van der Waals surface area contributed by atoms with Gasteiger partial charge in [0, 0.05) is 48.3 Å². The maximum Gasteiger partial charge on any atom is 0.228 e. The van der Waals surface area contributed by atoms with Crippen molar-refractivity contribution in [2.24, 2.45) is 0 Å². The molecule has 5 nitrogen and oxygen atoms in total. The number of nitrogens with one attached hydrogen (secondary N) is 1. The van der Waals surface area contributed by atoms with E-state index in [4.69, 9.17) is 11.6 Å². The van der Waals surface area contributed by atoms with Crippen LogP contribution in [0.1, 0.15) is 11.1 Å². The topological polar surface area (TPSA) is 38.8 Å². The Labute approximate surface area is 220 Å². The first-order valence-corrected chi connectivity index (χ1v) is 14.0. The zero-order valence-corrected chi connectivity index (χ0v) is 21.6. The number of carbonyl (C=O) groups excluding carboxylic acids is 1. The lowest BCUT2D eigenvalue weighted by Crippen LogP contribution is -2.48. The Balaban J connectivity index is 1.11. The average Bonchev–Trinajstić information content (AvgIpc) is 3.51. The highest BCUT2D eigenvalue weighted by molar-refractivity contribution is 8.16. The summed E-state index contributed by atoms with van der Waals surface area (Å²) in [4.78, 5) is 18.1. The van der Waals surface area contributed by atoms with Crippen LogP contribution in [0.4, 0.5) is 11.4 Å². The lowest BCUT2D eigenvalue weighted by atomic mass is 10.1. The first-order valence-electron chi connectivity index (χ1n) is 12.4. The van der Waals surface area contributed by atoms with Crippen molar-refractivity contribution in [1.82, 2.24) is 9.80 Å². The second-order valence-electron chi connectivity index (χ2n) is 9.32. The molecular weight excluding hydrogens is 488 g/mol. The van der Waals surface area contributed by atoms with Gasteiger partial charge in [0.2, 0.25) is 5.91 Å². The molecule has 1 fully saturated rings. The first-order chi connectivity index (χ1) is 17.7. The number of halogens is 1. The van der Waals surface area contributed by atoms with E-state index >= 15 is 0 Å². The van der Waals surface area contributed by atoms with Gasteiger partial charge in [-0.05, 0) is 59.3 Å². The normalized spacial score (nSPS) is 19.6. The summed E-state index contributed by atoms with van der Waals surface area (Å²) >= 11 is 6.53. The van der Waals surface area contributed by atoms with Crippen molar-refractivity contribution >= 4 is 44.9 Å². The van der Waals surface area contributed by atoms with Crippen LogP contribution in [0.2, 0.25) is 5.02 Å². The van der Waals surface area contributed by atoms with Gasteiger partial charge < -0.3 is 10.2 Å². The van der Waals surface area contributed by atoms with Gasteiger partial charge in [-0.3, -0.25) is 14.0 Å². The molecule has 1 unspecified atom stereocenters. The van der Waals surface area contributed by atoms with Crippen molar-refractivity contribution in [3.05, 3.63) is 101 Å². The molecule has 7 heteroatoms. The fourth-order valence-corrected chi connectivity index (χ4v) is 7.27. The van der Waals surface area contributed by atoms with Gasteiger partial charge in [-0.15, -0.1) is 0 Å². The second-order valence-corrected chi connectivity index (χ2v) is 11.5. The lowest BCUT2D eigenvalue weighted by Gasteiger charge is -2.40. The van der Waals surface area contributed by atoms with Crippen molar-refractivity contribution in [2.45, 2.75) is 17.7 Å². The van der Waals surface area contributed by atoms with E-state index in [0.717, 1.165) is 61.0 Å². The summed E-state index contributed by atoms with van der Waals surface area (Å²) in [5.41, 5.74) is 4.28. The lowest BCUT2D eigenvalue weighted by molar-refractivity contribution is -0.115. The molecule has 0 spiro atoms. The van der Waals surface area contributed by atoms with Crippen LogP contribution in [-0.4, -0.2) is 53.8 Å². The number of para-hydroxylation sites is 1. The van der Waals surface area contributed by atoms with Crippen LogP contribution in [0, 0.1) is 0 Å². The predicted molar refractivity (Wildman–Crippen MR) is 151 cm³/mol. The van der Waals surface area contributed by atoms with Gasteiger partial charge in [0.1, 0.15) is 5.82 Å². The molecule has 0 aromatic heterocycles. The molecule has 184 valence electrons. The summed E-state index contributed by atoms with van der Waals surface area (Å²) in [6.45, 7) is 4.98. The molecule has 3 aromatic carbocycles. The van der Waals surface area contributed by atoms with Crippen LogP contribution < -0.4 is 9.62 Å². The third-order valence-corrected chi connectivity index (χ3v) is 9.31. The number of piperazine rings is 1. The van der Waals surface area contributed by atoms with E-state index in [1.807, 2.05) is 6.07 Å². The fourth-order valence-electron chi connectivity index (χ4n) is 5.11. The number of nitrogens with zero attached hydrogens (tertiary/aromatic N) is 3. The Morgan fingerprint density at radius 2 is 1.64 bits per heavy atom. The van der Waals surface area contributed by atoms with Gasteiger partial charge >= 0.3 is 0 Å². The maximum atomic E-state index is 11.7. The molecule has 6 rings (SSSR count). The van der Waals surface area contributed by atoms with Gasteiger partial charge in [-0.25, -0.2) is 0 Å². The van der Waals surface area contributed by atoms with E-state index in [0.29, 0.717) is 6.42 Å². The highest BCUT2D eigenvalue weighted by Gasteiger charge is 2.28. The molecule has 36 heavy (non-hydrogen) atoms. The molecule has 1 atom stereocenters. The molecule has 3 aromatic rings. The quantitative estimate of drug-likeness (QED) is 0.445. The average molecular weight is 517 g/mol. The molecule has 0 bridgehead atoms. The van der Waals surface area contributed by atoms with Gasteiger partial charge in [0.15, 0.2) is 0 Å². The Morgan fingerprint density at radius 1 is 0.917 bits per heavy atom. The van der Waals surface area contributed by atoms with Crippen LogP contribution in [-0.2, 0) is 17.6 Å². The van der Waals surface area contributed by atoms with Crippen LogP contribution in [0.25, 0.3) is 0 Å². The summed E-state index contributed by atoms with van der Waals surface area (Å²) in [5, 5.41) is 5.97. The summed E-state index contributed by atoms with van der Waals surface area (Å²) in [6, 6.07) is 25.5. The minimum Gasteiger partial charge on any atom is -0.355 e. The van der Waals surface area contributed by atoms with Gasteiger partial charge in [-0.1, -0.05) is 64.7 Å². The third-order valence-electron chi connectivity index (χ3n) is 7.02. The van der Waals surface area contributed by atoms with Crippen molar-refractivity contribution in [3.63, 3.8) is 0 Å². The summed E-state index contributed by atoms with van der Waals surface area (Å²) < 4.78 is 2.49. The standard InChI is InChI=1S/C29H29ClN4OS/c30-26-21-27-23(20-28(35)31-27)19-22(26)11-13-32-14-16-33(17-15-32)29-12-18-36(25-9-5-2-6-10-25)34(29)24-7-3-1-4-8-24/h1-10,12,18-19,21H,11,13-17,20H2,(H,31,35). The smallest absolute Gasteiger partial charge is 0.228 e. The highest BCUT2D eigenvalue weighted by Crippen LogP contribution is 2.42.